The number of hydrogen-bond donors (Lipinski definition) is 0. The van der Waals surface area contributed by atoms with E-state index in [0.29, 0.717) is 27.9 Å². The highest BCUT2D eigenvalue weighted by Crippen LogP contribution is 2.47. The van der Waals surface area contributed by atoms with Crippen LogP contribution in [0.1, 0.15) is 5.56 Å². The van der Waals surface area contributed by atoms with Crippen molar-refractivity contribution in [1.29, 1.82) is 5.26 Å². The van der Waals surface area contributed by atoms with E-state index in [-0.39, 0.29) is 0 Å². The lowest BCUT2D eigenvalue weighted by atomic mass is 9.98. The number of para-hydroxylation sites is 6. The Balaban J connectivity index is 0.861. The molecule has 15 rings (SSSR count). The monoisotopic (exact) mass is 897 g/mol. The van der Waals surface area contributed by atoms with E-state index in [4.69, 9.17) is 17.7 Å². The molecule has 0 unspecified atom stereocenters. The summed E-state index contributed by atoms with van der Waals surface area (Å²) in [5.41, 5.74) is 12.3. The summed E-state index contributed by atoms with van der Waals surface area (Å²) >= 11 is 0. The second-order valence-corrected chi connectivity index (χ2v) is 17.9. The highest BCUT2D eigenvalue weighted by molar-refractivity contribution is 6.22. The molecule has 0 atom stereocenters. The van der Waals surface area contributed by atoms with Crippen molar-refractivity contribution < 1.29 is 17.7 Å². The molecule has 4 heterocycles. The van der Waals surface area contributed by atoms with E-state index in [1.54, 1.807) is 0 Å². The standard InChI is InChI=1S/C63H35N3O4/c64-36-51-60-49-31-37-25-27-43(65(41-13-3-1-4-14-41)52-21-11-19-47-45-17-7-9-23-54(45)69-62(47)52)29-39(37)33-56(49)67-58(60)35-59-61(51)50-32-38-26-28-44(30-40(38)34-57(50)68-59)66(42-15-5-2-6-16-42)53-22-12-20-48-46-18-8-10-24-55(46)70-63(48)53/h1-35H. The van der Waals surface area contributed by atoms with E-state index >= 15 is 0 Å². The van der Waals surface area contributed by atoms with Crippen LogP contribution in [0.2, 0.25) is 0 Å². The van der Waals surface area contributed by atoms with Crippen LogP contribution in [0, 0.1) is 11.3 Å². The van der Waals surface area contributed by atoms with Crippen LogP contribution in [0.25, 0.3) is 109 Å². The van der Waals surface area contributed by atoms with Crippen molar-refractivity contribution in [2.24, 2.45) is 0 Å². The molecule has 0 N–H and O–H groups in total. The summed E-state index contributed by atoms with van der Waals surface area (Å²) in [6, 6.07) is 75.6. The average molecular weight is 898 g/mol. The molecule has 11 aromatic carbocycles. The topological polar surface area (TPSA) is 82.8 Å². The number of rotatable bonds is 6. The third-order valence-corrected chi connectivity index (χ3v) is 14.0. The summed E-state index contributed by atoms with van der Waals surface area (Å²) in [6.07, 6.45) is 0. The first-order chi connectivity index (χ1) is 34.6. The predicted molar refractivity (Wildman–Crippen MR) is 285 cm³/mol. The SMILES string of the molecule is N#Cc1c2c(cc3oc4cc5cc(N(c6ccccc6)c6cccc7c6oc6ccccc67)ccc5cc4c13)oc1cc3cc(N(c4ccccc4)c4cccc5c4oc4ccccc45)ccc3cc12. The molecular weight excluding hydrogens is 863 g/mol. The number of furan rings is 4. The third kappa shape index (κ3) is 5.62. The molecule has 0 saturated carbocycles. The molecular formula is C63H35N3O4. The lowest BCUT2D eigenvalue weighted by Gasteiger charge is -2.25. The Morgan fingerprint density at radius 1 is 0.300 bits per heavy atom. The summed E-state index contributed by atoms with van der Waals surface area (Å²) in [6.45, 7) is 0. The Bertz CT molecular complexity index is 4400. The first-order valence-corrected chi connectivity index (χ1v) is 23.3. The number of fused-ring (bicyclic) bond motifs is 14. The number of benzene rings is 11. The number of nitriles is 1. The van der Waals surface area contributed by atoms with Crippen molar-refractivity contribution in [2.75, 3.05) is 9.80 Å². The van der Waals surface area contributed by atoms with Gasteiger partial charge < -0.3 is 27.5 Å². The van der Waals surface area contributed by atoms with E-state index in [9.17, 15) is 5.26 Å². The highest BCUT2D eigenvalue weighted by atomic mass is 16.3. The van der Waals surface area contributed by atoms with Crippen molar-refractivity contribution in [3.05, 3.63) is 218 Å². The van der Waals surface area contributed by atoms with Crippen molar-refractivity contribution in [3.8, 4) is 6.07 Å². The Hall–Kier alpha value is -9.77. The van der Waals surface area contributed by atoms with Crippen LogP contribution in [0.5, 0.6) is 0 Å². The van der Waals surface area contributed by atoms with Crippen molar-refractivity contribution >= 4 is 143 Å². The van der Waals surface area contributed by atoms with E-state index in [1.807, 2.05) is 54.6 Å². The van der Waals surface area contributed by atoms with Crippen molar-refractivity contribution in [1.82, 2.24) is 0 Å². The fraction of sp³-hybridized carbons (Fsp3) is 0. The van der Waals surface area contributed by atoms with Crippen LogP contribution in [-0.4, -0.2) is 0 Å². The maximum atomic E-state index is 11.0. The second kappa shape index (κ2) is 14.6. The lowest BCUT2D eigenvalue weighted by molar-refractivity contribution is 0.656. The Kier molecular flexibility index (Phi) is 8.01. The molecule has 0 aliphatic rings. The van der Waals surface area contributed by atoms with Gasteiger partial charge in [-0.15, -0.1) is 0 Å². The number of nitrogens with zero attached hydrogens (tertiary/aromatic N) is 3. The molecule has 0 radical (unpaired) electrons. The highest BCUT2D eigenvalue weighted by Gasteiger charge is 2.24. The van der Waals surface area contributed by atoms with Crippen LogP contribution in [-0.2, 0) is 0 Å². The summed E-state index contributed by atoms with van der Waals surface area (Å²) in [5, 5.41) is 22.7. The maximum absolute atomic E-state index is 11.0. The van der Waals surface area contributed by atoms with Crippen molar-refractivity contribution in [2.45, 2.75) is 0 Å². The molecule has 7 heteroatoms. The number of anilines is 6. The van der Waals surface area contributed by atoms with Gasteiger partial charge in [0.2, 0.25) is 0 Å². The number of hydrogen-bond acceptors (Lipinski definition) is 7. The molecule has 0 bridgehead atoms. The van der Waals surface area contributed by atoms with Gasteiger partial charge in [-0.05, 0) is 119 Å². The van der Waals surface area contributed by atoms with Crippen molar-refractivity contribution in [3.63, 3.8) is 0 Å². The molecule has 7 nitrogen and oxygen atoms in total. The second-order valence-electron chi connectivity index (χ2n) is 17.9. The summed E-state index contributed by atoms with van der Waals surface area (Å²) in [7, 11) is 0. The first-order valence-electron chi connectivity index (χ1n) is 23.3. The molecule has 0 amide bonds. The molecule has 0 fully saturated rings. The Morgan fingerprint density at radius 3 is 1.21 bits per heavy atom. The van der Waals surface area contributed by atoms with E-state index < -0.39 is 0 Å². The van der Waals surface area contributed by atoms with Crippen LogP contribution in [0.4, 0.5) is 34.1 Å². The first kappa shape index (κ1) is 38.3. The summed E-state index contributed by atoms with van der Waals surface area (Å²) < 4.78 is 26.4. The fourth-order valence-corrected chi connectivity index (χ4v) is 10.9. The van der Waals surface area contributed by atoms with Gasteiger partial charge >= 0.3 is 0 Å². The van der Waals surface area contributed by atoms with Gasteiger partial charge in [0.1, 0.15) is 39.6 Å². The van der Waals surface area contributed by atoms with Gasteiger partial charge in [0.25, 0.3) is 0 Å². The Labute approximate surface area is 398 Å². The zero-order chi connectivity index (χ0) is 46.0. The molecule has 0 aliphatic heterocycles. The molecule has 326 valence electrons. The van der Waals surface area contributed by atoms with E-state index in [0.717, 1.165) is 121 Å². The van der Waals surface area contributed by atoms with Crippen LogP contribution < -0.4 is 9.80 Å². The summed E-state index contributed by atoms with van der Waals surface area (Å²) in [4.78, 5) is 4.49. The molecule has 70 heavy (non-hydrogen) atoms. The summed E-state index contributed by atoms with van der Waals surface area (Å²) in [5.74, 6) is 0. The maximum Gasteiger partial charge on any atom is 0.159 e. The largest absolute Gasteiger partial charge is 0.456 e. The normalized spacial score (nSPS) is 12.0. The minimum atomic E-state index is 0.528. The minimum Gasteiger partial charge on any atom is -0.456 e. The Morgan fingerprint density at radius 2 is 0.743 bits per heavy atom. The van der Waals surface area contributed by atoms with Crippen LogP contribution in [0.3, 0.4) is 0 Å². The van der Waals surface area contributed by atoms with Gasteiger partial charge in [0.15, 0.2) is 11.2 Å². The minimum absolute atomic E-state index is 0.528. The van der Waals surface area contributed by atoms with Crippen LogP contribution >= 0.6 is 0 Å². The molecule has 15 aromatic rings. The van der Waals surface area contributed by atoms with Gasteiger partial charge in [-0.2, -0.15) is 5.26 Å². The average Bonchev–Trinajstić information content (AvgIpc) is 4.18. The van der Waals surface area contributed by atoms with Crippen LogP contribution in [0.15, 0.2) is 230 Å². The van der Waals surface area contributed by atoms with E-state index in [1.165, 1.54) is 0 Å². The third-order valence-electron chi connectivity index (χ3n) is 14.0. The van der Waals surface area contributed by atoms with Gasteiger partial charge in [-0.1, -0.05) is 109 Å². The van der Waals surface area contributed by atoms with Gasteiger partial charge in [-0.25, -0.2) is 0 Å². The quantitative estimate of drug-likeness (QED) is 0.164. The zero-order valence-electron chi connectivity index (χ0n) is 37.2. The smallest absolute Gasteiger partial charge is 0.159 e. The van der Waals surface area contributed by atoms with Gasteiger partial charge in [0.05, 0.1) is 16.9 Å². The van der Waals surface area contributed by atoms with Gasteiger partial charge in [-0.3, -0.25) is 0 Å². The zero-order valence-corrected chi connectivity index (χ0v) is 37.2. The fourth-order valence-electron chi connectivity index (χ4n) is 10.9. The lowest BCUT2D eigenvalue weighted by Crippen LogP contribution is -2.10. The molecule has 0 spiro atoms. The van der Waals surface area contributed by atoms with E-state index in [2.05, 4.69) is 174 Å². The van der Waals surface area contributed by atoms with Gasteiger partial charge in [0, 0.05) is 71.9 Å². The predicted octanol–water partition coefficient (Wildman–Crippen LogP) is 18.4. The molecule has 4 aromatic heterocycles. The molecule has 0 aliphatic carbocycles. The molecule has 0 saturated heterocycles.